The highest BCUT2D eigenvalue weighted by Crippen LogP contribution is 2.06. The van der Waals surface area contributed by atoms with E-state index in [1.165, 1.54) is 7.11 Å². The zero-order valence-electron chi connectivity index (χ0n) is 11.4. The maximum absolute atomic E-state index is 11.6. The second kappa shape index (κ2) is 7.92. The van der Waals surface area contributed by atoms with Gasteiger partial charge in [0.05, 0.1) is 7.11 Å². The van der Waals surface area contributed by atoms with Crippen LogP contribution in [0.1, 0.15) is 40.5 Å². The molecule has 0 aromatic carbocycles. The van der Waals surface area contributed by atoms with Crippen molar-refractivity contribution in [3.05, 3.63) is 0 Å². The van der Waals surface area contributed by atoms with E-state index >= 15 is 0 Å². The van der Waals surface area contributed by atoms with Gasteiger partial charge in [0.15, 0.2) is 0 Å². The fraction of sp³-hybridized carbons (Fsp3) is 0.833. The van der Waals surface area contributed by atoms with Crippen molar-refractivity contribution in [2.75, 3.05) is 7.11 Å². The molecule has 100 valence electrons. The summed E-state index contributed by atoms with van der Waals surface area (Å²) in [5.74, 6) is -0.0963. The Morgan fingerprint density at radius 3 is 2.18 bits per heavy atom. The van der Waals surface area contributed by atoms with Crippen LogP contribution in [0.25, 0.3) is 0 Å². The molecular formula is C12H24N2O3. The molecular weight excluding hydrogens is 220 g/mol. The van der Waals surface area contributed by atoms with Crippen molar-refractivity contribution in [3.63, 3.8) is 0 Å². The monoisotopic (exact) mass is 244 g/mol. The van der Waals surface area contributed by atoms with Gasteiger partial charge in [-0.1, -0.05) is 20.8 Å². The molecule has 17 heavy (non-hydrogen) atoms. The molecule has 2 atom stereocenters. The average molecular weight is 244 g/mol. The summed E-state index contributed by atoms with van der Waals surface area (Å²) in [6.07, 6.45) is 1.42. The first kappa shape index (κ1) is 15.7. The van der Waals surface area contributed by atoms with Crippen molar-refractivity contribution in [3.8, 4) is 0 Å². The zero-order valence-corrected chi connectivity index (χ0v) is 11.4. The van der Waals surface area contributed by atoms with Gasteiger partial charge in [0, 0.05) is 6.04 Å². The van der Waals surface area contributed by atoms with Crippen molar-refractivity contribution in [2.24, 2.45) is 5.92 Å². The van der Waals surface area contributed by atoms with Gasteiger partial charge in [-0.2, -0.15) is 0 Å². The highest BCUT2D eigenvalue weighted by atomic mass is 16.5. The lowest BCUT2D eigenvalue weighted by atomic mass is 10.0. The molecule has 5 nitrogen and oxygen atoms in total. The SMILES string of the molecule is CC[C@H](C)NC(=O)N[C@@H](CC(C)C)C(=O)OC. The van der Waals surface area contributed by atoms with Crippen LogP contribution in [0.5, 0.6) is 0 Å². The summed E-state index contributed by atoms with van der Waals surface area (Å²) in [6, 6.07) is -0.813. The van der Waals surface area contributed by atoms with Gasteiger partial charge in [-0.3, -0.25) is 0 Å². The Bertz CT molecular complexity index is 254. The van der Waals surface area contributed by atoms with E-state index in [4.69, 9.17) is 0 Å². The number of methoxy groups -OCH3 is 1. The maximum Gasteiger partial charge on any atom is 0.328 e. The predicted octanol–water partition coefficient (Wildman–Crippen LogP) is 1.67. The molecule has 0 unspecified atom stereocenters. The van der Waals surface area contributed by atoms with Crippen LogP contribution in [0.15, 0.2) is 0 Å². The second-order valence-corrected chi connectivity index (χ2v) is 4.63. The molecule has 2 N–H and O–H groups in total. The molecule has 0 saturated carbocycles. The number of nitrogens with one attached hydrogen (secondary N) is 2. The van der Waals surface area contributed by atoms with Crippen molar-refractivity contribution in [2.45, 2.75) is 52.6 Å². The third-order valence-corrected chi connectivity index (χ3v) is 2.49. The highest BCUT2D eigenvalue weighted by Gasteiger charge is 2.22. The molecule has 0 bridgehead atoms. The van der Waals surface area contributed by atoms with Gasteiger partial charge in [-0.15, -0.1) is 0 Å². The molecule has 0 radical (unpaired) electrons. The first-order chi connectivity index (χ1) is 7.90. The number of ether oxygens (including phenoxy) is 1. The summed E-state index contributed by atoms with van der Waals surface area (Å²) in [5, 5.41) is 5.39. The van der Waals surface area contributed by atoms with E-state index in [2.05, 4.69) is 15.4 Å². The number of hydrogen-bond donors (Lipinski definition) is 2. The summed E-state index contributed by atoms with van der Waals surface area (Å²) >= 11 is 0. The number of carbonyl (C=O) groups is 2. The fourth-order valence-electron chi connectivity index (χ4n) is 1.35. The minimum absolute atomic E-state index is 0.0901. The Hall–Kier alpha value is -1.26. The molecule has 0 spiro atoms. The molecule has 0 fully saturated rings. The smallest absolute Gasteiger partial charge is 0.328 e. The Kier molecular flexibility index (Phi) is 7.34. The third kappa shape index (κ3) is 6.81. The van der Waals surface area contributed by atoms with E-state index in [0.717, 1.165) is 6.42 Å². The van der Waals surface area contributed by atoms with E-state index in [1.54, 1.807) is 0 Å². The van der Waals surface area contributed by atoms with Crippen molar-refractivity contribution in [1.29, 1.82) is 0 Å². The molecule has 0 aliphatic heterocycles. The Morgan fingerprint density at radius 1 is 1.18 bits per heavy atom. The van der Waals surface area contributed by atoms with Crippen molar-refractivity contribution < 1.29 is 14.3 Å². The van der Waals surface area contributed by atoms with Gasteiger partial charge >= 0.3 is 12.0 Å². The van der Waals surface area contributed by atoms with Gasteiger partial charge < -0.3 is 15.4 Å². The first-order valence-corrected chi connectivity index (χ1v) is 6.05. The van der Waals surface area contributed by atoms with Gasteiger partial charge in [0.2, 0.25) is 0 Å². The number of carbonyl (C=O) groups excluding carboxylic acids is 2. The summed E-state index contributed by atoms with van der Waals surface area (Å²) in [7, 11) is 1.32. The summed E-state index contributed by atoms with van der Waals surface area (Å²) < 4.78 is 4.66. The van der Waals surface area contributed by atoms with Gasteiger partial charge in [0.25, 0.3) is 0 Å². The molecule has 0 aromatic rings. The standard InChI is InChI=1S/C12H24N2O3/c1-6-9(4)13-12(16)14-10(7-8(2)3)11(15)17-5/h8-10H,6-7H2,1-5H3,(H2,13,14,16)/t9-,10-/m0/s1. The Labute approximate surface area is 103 Å². The molecule has 0 aliphatic rings. The molecule has 0 rings (SSSR count). The lowest BCUT2D eigenvalue weighted by molar-refractivity contribution is -0.143. The summed E-state index contributed by atoms with van der Waals surface area (Å²) in [5.41, 5.74) is 0. The first-order valence-electron chi connectivity index (χ1n) is 6.05. The quantitative estimate of drug-likeness (QED) is 0.698. The van der Waals surface area contributed by atoms with E-state index in [-0.39, 0.29) is 12.1 Å². The third-order valence-electron chi connectivity index (χ3n) is 2.49. The fourth-order valence-corrected chi connectivity index (χ4v) is 1.35. The number of amides is 2. The summed E-state index contributed by atoms with van der Waals surface area (Å²) in [6.45, 7) is 7.88. The molecule has 2 amide bonds. The lowest BCUT2D eigenvalue weighted by Gasteiger charge is -2.20. The predicted molar refractivity (Wildman–Crippen MR) is 66.7 cm³/mol. The van der Waals surface area contributed by atoms with Crippen LogP contribution in [-0.2, 0) is 9.53 Å². The van der Waals surface area contributed by atoms with Crippen molar-refractivity contribution in [1.82, 2.24) is 10.6 Å². The molecule has 0 heterocycles. The van der Waals surface area contributed by atoms with E-state index < -0.39 is 12.0 Å². The number of urea groups is 1. The second-order valence-electron chi connectivity index (χ2n) is 4.63. The zero-order chi connectivity index (χ0) is 13.4. The van der Waals surface area contributed by atoms with Crippen LogP contribution in [0.2, 0.25) is 0 Å². The van der Waals surface area contributed by atoms with E-state index in [9.17, 15) is 9.59 Å². The van der Waals surface area contributed by atoms with Gasteiger partial charge in [-0.25, -0.2) is 9.59 Å². The number of rotatable bonds is 6. The molecule has 0 aliphatic carbocycles. The van der Waals surface area contributed by atoms with Gasteiger partial charge in [-0.05, 0) is 25.7 Å². The largest absolute Gasteiger partial charge is 0.467 e. The van der Waals surface area contributed by atoms with Crippen molar-refractivity contribution >= 4 is 12.0 Å². The minimum Gasteiger partial charge on any atom is -0.467 e. The van der Waals surface area contributed by atoms with Crippen LogP contribution in [0.3, 0.4) is 0 Å². The topological polar surface area (TPSA) is 67.4 Å². The molecule has 5 heteroatoms. The summed E-state index contributed by atoms with van der Waals surface area (Å²) in [4.78, 5) is 23.1. The van der Waals surface area contributed by atoms with Crippen LogP contribution >= 0.6 is 0 Å². The average Bonchev–Trinajstić information content (AvgIpc) is 2.26. The number of hydrogen-bond acceptors (Lipinski definition) is 3. The molecule has 0 aromatic heterocycles. The van der Waals surface area contributed by atoms with Crippen LogP contribution in [0.4, 0.5) is 4.79 Å². The number of esters is 1. The van der Waals surface area contributed by atoms with Crippen LogP contribution in [0, 0.1) is 5.92 Å². The van der Waals surface area contributed by atoms with Gasteiger partial charge in [0.1, 0.15) is 6.04 Å². The van der Waals surface area contributed by atoms with Crippen LogP contribution in [-0.4, -0.2) is 31.2 Å². The van der Waals surface area contributed by atoms with E-state index in [0.29, 0.717) is 12.3 Å². The Morgan fingerprint density at radius 2 is 1.76 bits per heavy atom. The molecule has 0 saturated heterocycles. The Balaban J connectivity index is 4.32. The van der Waals surface area contributed by atoms with Crippen LogP contribution < -0.4 is 10.6 Å². The normalized spacial score (nSPS) is 14.0. The highest BCUT2D eigenvalue weighted by molar-refractivity contribution is 5.83. The van der Waals surface area contributed by atoms with E-state index in [1.807, 2.05) is 27.7 Å². The maximum atomic E-state index is 11.6. The minimum atomic E-state index is -0.580. The lowest BCUT2D eigenvalue weighted by Crippen LogP contribution is -2.49.